The third-order valence-electron chi connectivity index (χ3n) is 3.63. The molecule has 0 atom stereocenters. The maximum Gasteiger partial charge on any atom is 0.338 e. The average molecular weight is 391 g/mol. The van der Waals surface area contributed by atoms with E-state index in [1.807, 2.05) is 18.2 Å². The lowest BCUT2D eigenvalue weighted by molar-refractivity contribution is -0.124. The van der Waals surface area contributed by atoms with E-state index in [1.54, 1.807) is 19.1 Å². The van der Waals surface area contributed by atoms with Crippen LogP contribution in [0.5, 0.6) is 5.75 Å². The van der Waals surface area contributed by atoms with Crippen LogP contribution >= 0.6 is 0 Å². The number of rotatable bonds is 8. The predicted octanol–water partition coefficient (Wildman–Crippen LogP) is 1.75. The second-order valence-electron chi connectivity index (χ2n) is 5.84. The first-order valence-corrected chi connectivity index (χ1v) is 10.1. The van der Waals surface area contributed by atoms with Gasteiger partial charge in [0.05, 0.1) is 17.0 Å². The molecule has 8 heteroatoms. The second kappa shape index (κ2) is 9.18. The van der Waals surface area contributed by atoms with Crippen molar-refractivity contribution in [2.24, 2.45) is 0 Å². The summed E-state index contributed by atoms with van der Waals surface area (Å²) in [5.74, 6) is -0.537. The van der Waals surface area contributed by atoms with Crippen LogP contribution < -0.4 is 10.1 Å². The Morgan fingerprint density at radius 3 is 2.44 bits per heavy atom. The average Bonchev–Trinajstić information content (AvgIpc) is 2.63. The summed E-state index contributed by atoms with van der Waals surface area (Å²) >= 11 is 0. The van der Waals surface area contributed by atoms with Crippen LogP contribution in [0.25, 0.3) is 0 Å². The summed E-state index contributed by atoms with van der Waals surface area (Å²) in [5, 5.41) is 2.57. The van der Waals surface area contributed by atoms with Crippen molar-refractivity contribution in [1.29, 1.82) is 0 Å². The Balaban J connectivity index is 1.80. The number of carbonyl (C=O) groups excluding carboxylic acids is 2. The van der Waals surface area contributed by atoms with Crippen LogP contribution in [-0.4, -0.2) is 46.3 Å². The molecule has 0 radical (unpaired) electrons. The van der Waals surface area contributed by atoms with Gasteiger partial charge in [0.25, 0.3) is 5.91 Å². The summed E-state index contributed by atoms with van der Waals surface area (Å²) in [4.78, 5) is 23.9. The lowest BCUT2D eigenvalue weighted by atomic mass is 10.1. The monoisotopic (exact) mass is 391 g/mol. The highest BCUT2D eigenvalue weighted by Gasteiger charge is 2.16. The van der Waals surface area contributed by atoms with Gasteiger partial charge >= 0.3 is 5.97 Å². The minimum Gasteiger partial charge on any atom is -0.492 e. The Labute approximate surface area is 158 Å². The van der Waals surface area contributed by atoms with Crippen LogP contribution in [0.3, 0.4) is 0 Å². The van der Waals surface area contributed by atoms with Crippen LogP contribution in [-0.2, 0) is 19.4 Å². The molecule has 0 unspecified atom stereocenters. The lowest BCUT2D eigenvalue weighted by Gasteiger charge is -2.10. The Morgan fingerprint density at radius 1 is 1.07 bits per heavy atom. The van der Waals surface area contributed by atoms with Gasteiger partial charge < -0.3 is 14.8 Å². The number of aryl methyl sites for hydroxylation is 1. The highest BCUT2D eigenvalue weighted by molar-refractivity contribution is 7.90. The van der Waals surface area contributed by atoms with Crippen LogP contribution in [0.2, 0.25) is 0 Å². The summed E-state index contributed by atoms with van der Waals surface area (Å²) in [6, 6.07) is 13.3. The van der Waals surface area contributed by atoms with E-state index in [-0.39, 0.29) is 23.6 Å². The van der Waals surface area contributed by atoms with E-state index in [4.69, 9.17) is 9.47 Å². The molecule has 7 nitrogen and oxygen atoms in total. The van der Waals surface area contributed by atoms with Crippen molar-refractivity contribution in [3.05, 3.63) is 59.7 Å². The first kappa shape index (κ1) is 20.4. The van der Waals surface area contributed by atoms with E-state index >= 15 is 0 Å². The molecule has 27 heavy (non-hydrogen) atoms. The molecular weight excluding hydrogens is 370 g/mol. The van der Waals surface area contributed by atoms with Crippen LogP contribution in [0.15, 0.2) is 53.4 Å². The van der Waals surface area contributed by atoms with E-state index in [2.05, 4.69) is 5.32 Å². The molecule has 0 heterocycles. The van der Waals surface area contributed by atoms with Crippen LogP contribution in [0.1, 0.15) is 15.9 Å². The van der Waals surface area contributed by atoms with Gasteiger partial charge in [-0.1, -0.05) is 24.3 Å². The zero-order valence-electron chi connectivity index (χ0n) is 15.1. The molecule has 0 fully saturated rings. The Morgan fingerprint density at radius 2 is 1.78 bits per heavy atom. The number of sulfone groups is 1. The Kier molecular flexibility index (Phi) is 6.95. The van der Waals surface area contributed by atoms with Gasteiger partial charge in [0.2, 0.25) is 0 Å². The number of para-hydroxylation sites is 1. The van der Waals surface area contributed by atoms with Crippen molar-refractivity contribution >= 4 is 21.7 Å². The third-order valence-corrected chi connectivity index (χ3v) is 4.74. The third kappa shape index (κ3) is 6.41. The van der Waals surface area contributed by atoms with E-state index < -0.39 is 28.3 Å². The number of nitrogens with one attached hydrogen (secondary N) is 1. The van der Waals surface area contributed by atoms with Crippen molar-refractivity contribution in [1.82, 2.24) is 5.32 Å². The molecule has 1 N–H and O–H groups in total. The normalized spacial score (nSPS) is 10.9. The SMILES string of the molecule is Cc1ccc(S(C)(=O)=O)cc1C(=O)OCC(=O)NCCOc1ccccc1. The van der Waals surface area contributed by atoms with Crippen molar-refractivity contribution in [2.45, 2.75) is 11.8 Å². The number of ether oxygens (including phenoxy) is 2. The molecule has 0 bridgehead atoms. The minimum absolute atomic E-state index is 0.0163. The first-order valence-electron chi connectivity index (χ1n) is 8.20. The molecule has 0 saturated carbocycles. The maximum atomic E-state index is 12.1. The molecule has 0 aliphatic carbocycles. The maximum absolute atomic E-state index is 12.1. The Bertz CT molecular complexity index is 909. The van der Waals surface area contributed by atoms with Gasteiger partial charge in [-0.25, -0.2) is 13.2 Å². The van der Waals surface area contributed by atoms with Gasteiger partial charge in [0, 0.05) is 6.26 Å². The number of esters is 1. The standard InChI is InChI=1S/C19H21NO6S/c1-14-8-9-16(27(2,23)24)12-17(14)19(22)26-13-18(21)20-10-11-25-15-6-4-3-5-7-15/h3-9,12H,10-11,13H2,1-2H3,(H,20,21). The number of carbonyl (C=O) groups is 2. The molecule has 0 aliphatic rings. The van der Waals surface area contributed by atoms with Crippen LogP contribution in [0.4, 0.5) is 0 Å². The van der Waals surface area contributed by atoms with E-state index in [0.29, 0.717) is 11.3 Å². The predicted molar refractivity (Wildman–Crippen MR) is 99.5 cm³/mol. The highest BCUT2D eigenvalue weighted by Crippen LogP contribution is 2.16. The van der Waals surface area contributed by atoms with Crippen molar-refractivity contribution in [3.63, 3.8) is 0 Å². The molecule has 0 saturated heterocycles. The topological polar surface area (TPSA) is 98.8 Å². The molecule has 2 aromatic rings. The summed E-state index contributed by atoms with van der Waals surface area (Å²) in [6.07, 6.45) is 1.05. The van der Waals surface area contributed by atoms with Gasteiger partial charge in [-0.05, 0) is 36.8 Å². The molecular formula is C19H21NO6S. The van der Waals surface area contributed by atoms with Gasteiger partial charge in [0.15, 0.2) is 16.4 Å². The fourth-order valence-electron chi connectivity index (χ4n) is 2.19. The lowest BCUT2D eigenvalue weighted by Crippen LogP contribution is -2.32. The quantitative estimate of drug-likeness (QED) is 0.544. The summed E-state index contributed by atoms with van der Waals surface area (Å²) in [7, 11) is -3.45. The van der Waals surface area contributed by atoms with Crippen molar-refractivity contribution in [3.8, 4) is 5.75 Å². The molecule has 0 spiro atoms. The number of benzene rings is 2. The molecule has 2 aromatic carbocycles. The fourth-order valence-corrected chi connectivity index (χ4v) is 2.83. The van der Waals surface area contributed by atoms with Gasteiger partial charge in [0.1, 0.15) is 12.4 Å². The zero-order valence-corrected chi connectivity index (χ0v) is 15.9. The molecule has 0 aromatic heterocycles. The fraction of sp³-hybridized carbons (Fsp3) is 0.263. The zero-order chi connectivity index (χ0) is 19.9. The molecule has 2 rings (SSSR count). The first-order chi connectivity index (χ1) is 12.8. The largest absolute Gasteiger partial charge is 0.492 e. The smallest absolute Gasteiger partial charge is 0.338 e. The number of hydrogen-bond donors (Lipinski definition) is 1. The Hall–Kier alpha value is -2.87. The number of amides is 1. The summed E-state index contributed by atoms with van der Waals surface area (Å²) < 4.78 is 33.6. The molecule has 1 amide bonds. The van der Waals surface area contributed by atoms with Gasteiger partial charge in [-0.3, -0.25) is 4.79 Å². The number of hydrogen-bond acceptors (Lipinski definition) is 6. The molecule has 144 valence electrons. The van der Waals surface area contributed by atoms with E-state index in [9.17, 15) is 18.0 Å². The van der Waals surface area contributed by atoms with Gasteiger partial charge in [-0.15, -0.1) is 0 Å². The van der Waals surface area contributed by atoms with Crippen molar-refractivity contribution in [2.75, 3.05) is 26.0 Å². The minimum atomic E-state index is -3.45. The summed E-state index contributed by atoms with van der Waals surface area (Å²) in [5.41, 5.74) is 0.669. The summed E-state index contributed by atoms with van der Waals surface area (Å²) in [6.45, 7) is 1.73. The van der Waals surface area contributed by atoms with E-state index in [0.717, 1.165) is 6.26 Å². The van der Waals surface area contributed by atoms with Crippen molar-refractivity contribution < 1.29 is 27.5 Å². The molecule has 0 aliphatic heterocycles. The van der Waals surface area contributed by atoms with Gasteiger partial charge in [-0.2, -0.15) is 0 Å². The van der Waals surface area contributed by atoms with E-state index in [1.165, 1.54) is 18.2 Å². The highest BCUT2D eigenvalue weighted by atomic mass is 32.2. The van der Waals surface area contributed by atoms with Crippen LogP contribution in [0, 0.1) is 6.92 Å². The second-order valence-corrected chi connectivity index (χ2v) is 7.85.